The van der Waals surface area contributed by atoms with Crippen LogP contribution in [0.1, 0.15) is 24.2 Å². The van der Waals surface area contributed by atoms with Crippen molar-refractivity contribution in [3.8, 4) is 0 Å². The van der Waals surface area contributed by atoms with E-state index in [1.165, 1.54) is 36.4 Å². The summed E-state index contributed by atoms with van der Waals surface area (Å²) in [5, 5.41) is 9.11. The van der Waals surface area contributed by atoms with Crippen LogP contribution in [0.15, 0.2) is 56.7 Å². The molecule has 2 aromatic carbocycles. The Kier molecular flexibility index (Phi) is 6.30. The van der Waals surface area contributed by atoms with E-state index in [0.717, 1.165) is 6.07 Å². The van der Waals surface area contributed by atoms with Crippen molar-refractivity contribution in [1.29, 1.82) is 0 Å². The molecule has 0 aliphatic carbocycles. The molecule has 0 saturated carbocycles. The van der Waals surface area contributed by atoms with Crippen LogP contribution in [0, 0.1) is 0 Å². The Morgan fingerprint density at radius 1 is 0.963 bits per heavy atom. The number of carboxylic acid groups (broad SMARTS) is 1. The lowest BCUT2D eigenvalue weighted by Gasteiger charge is -2.12. The highest BCUT2D eigenvalue weighted by Gasteiger charge is 2.19. The van der Waals surface area contributed by atoms with Gasteiger partial charge in [-0.05, 0) is 72.2 Å². The largest absolute Gasteiger partial charge is 0.478 e. The van der Waals surface area contributed by atoms with Crippen molar-refractivity contribution in [1.82, 2.24) is 4.72 Å². The van der Waals surface area contributed by atoms with Gasteiger partial charge in [-0.25, -0.2) is 26.4 Å². The number of halogens is 1. The average Bonchev–Trinajstić information content (AvgIpc) is 2.53. The number of sulfonamides is 2. The number of carbonyl (C=O) groups is 1. The lowest BCUT2D eigenvalue weighted by atomic mass is 10.2. The molecule has 0 bridgehead atoms. The molecule has 27 heavy (non-hydrogen) atoms. The number of aromatic carboxylic acids is 1. The Labute approximate surface area is 165 Å². The molecule has 0 unspecified atom stereocenters. The summed E-state index contributed by atoms with van der Waals surface area (Å²) >= 11 is 3.05. The summed E-state index contributed by atoms with van der Waals surface area (Å²) in [5.41, 5.74) is -0.0580. The molecule has 0 fully saturated rings. The summed E-state index contributed by atoms with van der Waals surface area (Å²) in [7, 11) is -7.74. The van der Waals surface area contributed by atoms with Crippen molar-refractivity contribution < 1.29 is 26.7 Å². The predicted molar refractivity (Wildman–Crippen MR) is 104 cm³/mol. The van der Waals surface area contributed by atoms with Crippen LogP contribution < -0.4 is 9.44 Å². The Bertz CT molecular complexity index is 1060. The van der Waals surface area contributed by atoms with Gasteiger partial charge in [-0.1, -0.05) is 0 Å². The highest BCUT2D eigenvalue weighted by molar-refractivity contribution is 9.10. The molecule has 0 aromatic heterocycles. The number of nitrogens with one attached hydrogen (secondary N) is 2. The second kappa shape index (κ2) is 7.97. The first kappa shape index (κ1) is 21.4. The summed E-state index contributed by atoms with van der Waals surface area (Å²) in [6, 6.07) is 8.48. The van der Waals surface area contributed by atoms with Gasteiger partial charge in [0.1, 0.15) is 0 Å². The molecule has 2 aromatic rings. The summed E-state index contributed by atoms with van der Waals surface area (Å²) in [5.74, 6) is -1.27. The van der Waals surface area contributed by atoms with Crippen LogP contribution in [0.4, 0.5) is 5.69 Å². The van der Waals surface area contributed by atoms with Crippen molar-refractivity contribution >= 4 is 47.6 Å². The molecule has 0 radical (unpaired) electrons. The van der Waals surface area contributed by atoms with E-state index in [2.05, 4.69) is 25.4 Å². The van der Waals surface area contributed by atoms with Crippen LogP contribution in [0.5, 0.6) is 0 Å². The molecule has 146 valence electrons. The van der Waals surface area contributed by atoms with Gasteiger partial charge in [0.25, 0.3) is 10.0 Å². The number of benzene rings is 2. The molecule has 0 spiro atoms. The van der Waals surface area contributed by atoms with E-state index in [0.29, 0.717) is 0 Å². The van der Waals surface area contributed by atoms with Crippen LogP contribution in [0.3, 0.4) is 0 Å². The topological polar surface area (TPSA) is 130 Å². The van der Waals surface area contributed by atoms with Crippen molar-refractivity contribution in [3.63, 3.8) is 0 Å². The summed E-state index contributed by atoms with van der Waals surface area (Å²) in [6.07, 6.45) is 0. The van der Waals surface area contributed by atoms with Crippen LogP contribution in [-0.2, 0) is 20.0 Å². The first-order chi connectivity index (χ1) is 12.4. The summed E-state index contributed by atoms with van der Waals surface area (Å²) in [4.78, 5) is 10.9. The monoisotopic (exact) mass is 476 g/mol. The van der Waals surface area contributed by atoms with Gasteiger partial charge in [0.2, 0.25) is 10.0 Å². The molecule has 0 aliphatic rings. The minimum Gasteiger partial charge on any atom is -0.478 e. The average molecular weight is 477 g/mol. The van der Waals surface area contributed by atoms with E-state index < -0.39 is 26.0 Å². The highest BCUT2D eigenvalue weighted by Crippen LogP contribution is 2.23. The zero-order valence-electron chi connectivity index (χ0n) is 14.3. The van der Waals surface area contributed by atoms with E-state index in [-0.39, 0.29) is 31.6 Å². The quantitative estimate of drug-likeness (QED) is 0.562. The smallest absolute Gasteiger partial charge is 0.336 e. The zero-order valence-corrected chi connectivity index (χ0v) is 17.5. The fraction of sp³-hybridized carbons (Fsp3) is 0.188. The van der Waals surface area contributed by atoms with Gasteiger partial charge in [0.15, 0.2) is 0 Å². The summed E-state index contributed by atoms with van der Waals surface area (Å²) in [6.45, 7) is 3.37. The Balaban J connectivity index is 2.29. The van der Waals surface area contributed by atoms with Crippen LogP contribution in [0.2, 0.25) is 0 Å². The molecule has 0 aliphatic heterocycles. The van der Waals surface area contributed by atoms with Gasteiger partial charge >= 0.3 is 5.97 Å². The molecule has 0 saturated heterocycles. The number of hydrogen-bond acceptors (Lipinski definition) is 5. The minimum absolute atomic E-state index is 0.00375. The third-order valence-electron chi connectivity index (χ3n) is 3.29. The second-order valence-corrected chi connectivity index (χ2v) is 10.1. The first-order valence-electron chi connectivity index (χ1n) is 7.60. The second-order valence-electron chi connectivity index (χ2n) is 5.85. The van der Waals surface area contributed by atoms with Gasteiger partial charge in [-0.15, -0.1) is 0 Å². The molecule has 0 atom stereocenters. The number of carboxylic acids is 1. The maximum absolute atomic E-state index is 12.5. The van der Waals surface area contributed by atoms with Crippen LogP contribution >= 0.6 is 15.9 Å². The number of anilines is 1. The van der Waals surface area contributed by atoms with E-state index in [9.17, 15) is 21.6 Å². The fourth-order valence-corrected chi connectivity index (χ4v) is 4.88. The molecular weight excluding hydrogens is 460 g/mol. The van der Waals surface area contributed by atoms with E-state index in [1.54, 1.807) is 13.8 Å². The fourth-order valence-electron chi connectivity index (χ4n) is 2.13. The molecular formula is C16H17BrN2O6S2. The molecule has 3 N–H and O–H groups in total. The predicted octanol–water partition coefficient (Wildman–Crippen LogP) is 2.63. The van der Waals surface area contributed by atoms with Gasteiger partial charge in [-0.2, -0.15) is 0 Å². The van der Waals surface area contributed by atoms with Crippen LogP contribution in [0.25, 0.3) is 0 Å². The lowest BCUT2D eigenvalue weighted by Crippen LogP contribution is -2.30. The molecule has 2 rings (SSSR count). The van der Waals surface area contributed by atoms with Gasteiger partial charge < -0.3 is 5.11 Å². The van der Waals surface area contributed by atoms with E-state index in [4.69, 9.17) is 5.11 Å². The molecule has 0 amide bonds. The van der Waals surface area contributed by atoms with Crippen molar-refractivity contribution in [2.45, 2.75) is 29.7 Å². The highest BCUT2D eigenvalue weighted by atomic mass is 79.9. The number of rotatable bonds is 7. The van der Waals surface area contributed by atoms with Crippen LogP contribution in [-0.4, -0.2) is 34.0 Å². The van der Waals surface area contributed by atoms with Gasteiger partial charge in [0, 0.05) is 16.2 Å². The van der Waals surface area contributed by atoms with Crippen molar-refractivity contribution in [2.75, 3.05) is 4.72 Å². The van der Waals surface area contributed by atoms with Crippen molar-refractivity contribution in [3.05, 3.63) is 52.5 Å². The Morgan fingerprint density at radius 3 is 2.04 bits per heavy atom. The van der Waals surface area contributed by atoms with E-state index >= 15 is 0 Å². The normalized spacial score (nSPS) is 12.1. The first-order valence-corrected chi connectivity index (χ1v) is 11.4. The third kappa shape index (κ3) is 5.28. The van der Waals surface area contributed by atoms with Gasteiger partial charge in [0.05, 0.1) is 15.4 Å². The third-order valence-corrected chi connectivity index (χ3v) is 7.03. The van der Waals surface area contributed by atoms with Gasteiger partial charge in [-0.3, -0.25) is 4.72 Å². The Hall–Kier alpha value is -1.95. The summed E-state index contributed by atoms with van der Waals surface area (Å²) < 4.78 is 54.1. The number of hydrogen-bond donors (Lipinski definition) is 3. The molecule has 8 nitrogen and oxygen atoms in total. The molecule has 0 heterocycles. The van der Waals surface area contributed by atoms with Crippen molar-refractivity contribution in [2.24, 2.45) is 0 Å². The Morgan fingerprint density at radius 2 is 1.52 bits per heavy atom. The maximum Gasteiger partial charge on any atom is 0.336 e. The van der Waals surface area contributed by atoms with E-state index in [1.807, 2.05) is 0 Å². The maximum atomic E-state index is 12.5. The standard InChI is InChI=1S/C16H17BrN2O6S2/c1-10(2)18-26(22,23)12-5-3-11(4-6-12)19-27(24,25)13-7-8-15(17)14(9-13)16(20)21/h3-10,18-19H,1-2H3,(H,20,21). The lowest BCUT2D eigenvalue weighted by molar-refractivity contribution is 0.0695. The molecule has 11 heteroatoms. The minimum atomic E-state index is -4.05. The SMILES string of the molecule is CC(C)NS(=O)(=O)c1ccc(NS(=O)(=O)c2ccc(Br)c(C(=O)O)c2)cc1. The zero-order chi connectivity index (χ0) is 20.4.